The summed E-state index contributed by atoms with van der Waals surface area (Å²) in [6.07, 6.45) is -9.99. The predicted molar refractivity (Wildman–Crippen MR) is 216 cm³/mol. The van der Waals surface area contributed by atoms with Gasteiger partial charge in [-0.2, -0.15) is 19.3 Å². The molecule has 0 spiro atoms. The lowest BCUT2D eigenvalue weighted by Gasteiger charge is -2.14. The zero-order chi connectivity index (χ0) is 45.0. The SMILES string of the molecule is CC[C@H]1O[C@@H](n2nnc3c(=O)[nH]c(NC(=O)C(C)C)nc32)[C@@H](O[P+](=O)O)[C@@H]1F.CC[C@H]1O[C@@H](n2nnc3c(=O)[nH]c(NC(=O)C(C)C)nc32)[C@@H](O[P+](=O)Oc2ccccc2)[C@@H]1F.N. The molecule has 2 saturated heterocycles. The van der Waals surface area contributed by atoms with Gasteiger partial charge in [-0.25, -0.2) is 13.3 Å². The molecule has 6 heterocycles. The molecule has 1 aromatic carbocycles. The summed E-state index contributed by atoms with van der Waals surface area (Å²) < 4.78 is 82.2. The van der Waals surface area contributed by atoms with Gasteiger partial charge >= 0.3 is 16.5 Å². The van der Waals surface area contributed by atoms with E-state index in [1.807, 2.05) is 0 Å². The van der Waals surface area contributed by atoms with Gasteiger partial charge in [0.2, 0.25) is 23.7 Å². The summed E-state index contributed by atoms with van der Waals surface area (Å²) >= 11 is 0. The van der Waals surface area contributed by atoms with Crippen molar-refractivity contribution in [1.82, 2.24) is 56.1 Å². The first-order valence-corrected chi connectivity index (χ1v) is 21.3. The lowest BCUT2D eigenvalue weighted by molar-refractivity contribution is -0.119. The summed E-state index contributed by atoms with van der Waals surface area (Å²) in [5.41, 5.74) is -1.82. The highest BCUT2D eigenvalue weighted by atomic mass is 31.1. The number of benzene rings is 1. The van der Waals surface area contributed by atoms with Crippen LogP contribution < -0.4 is 32.4 Å². The molecule has 0 radical (unpaired) electrons. The quantitative estimate of drug-likeness (QED) is 0.0862. The van der Waals surface area contributed by atoms with Crippen LogP contribution in [0, 0.1) is 11.8 Å². The Morgan fingerprint density at radius 3 is 1.62 bits per heavy atom. The molecule has 2 aliphatic rings. The summed E-state index contributed by atoms with van der Waals surface area (Å²) in [6.45, 7) is 10.1. The molecule has 340 valence electrons. The Balaban J connectivity index is 0.000000238. The standard InChI is InChI=1S/C20H22FN6O6P.C14H18FN6O6P.H3N/c1-4-12-13(21)15(33-34(30)32-11-8-6-5-7-9-11)19(31-12)27-16-14(25-26-27)18(29)24-20(22-16)23-17(28)10(2)3;1-4-6-7(15)9(27-28(24)25)13(26-6)21-10-8(19-20-21)12(23)18-14(16-10)17-11(22)5(2)3;/h5-10,12-13,15,19H,4H2,1-3H3,(H-,22,23,24,26,28,29);5-7,9,13H,4H2,1-3H3,(H2-,16,17,18,20,22,23,24,25);1H3/p+2/t12-,13-,15+,19-;6-,7-,9+,13-;/m11./s1. The molecule has 2 fully saturated rings. The largest absolute Gasteiger partial charge is 0.750 e. The van der Waals surface area contributed by atoms with Crippen LogP contribution >= 0.6 is 16.5 Å². The van der Waals surface area contributed by atoms with Crippen LogP contribution in [-0.4, -0.2) is 103 Å². The van der Waals surface area contributed by atoms with Crippen molar-refractivity contribution in [2.75, 3.05) is 10.6 Å². The first-order valence-electron chi connectivity index (χ1n) is 19.1. The number of nitrogens with zero attached hydrogens (tertiary/aromatic N) is 8. The molecule has 2 unspecified atom stereocenters. The Hall–Kier alpha value is -5.66. The molecule has 10 atom stereocenters. The van der Waals surface area contributed by atoms with Crippen molar-refractivity contribution in [2.45, 2.75) is 104 Å². The number of nitrogens with one attached hydrogen (secondary N) is 4. The molecule has 29 heteroatoms. The smallest absolute Gasteiger partial charge is 0.347 e. The second-order valence-corrected chi connectivity index (χ2v) is 15.9. The number of alkyl halides is 2. The van der Waals surface area contributed by atoms with Crippen LogP contribution in [0.25, 0.3) is 22.3 Å². The van der Waals surface area contributed by atoms with Crippen LogP contribution in [0.3, 0.4) is 0 Å². The molecule has 25 nitrogen and oxygen atoms in total. The monoisotopic (exact) mass is 927 g/mol. The summed E-state index contributed by atoms with van der Waals surface area (Å²) in [5.74, 6) is -1.47. The fourth-order valence-corrected chi connectivity index (χ4v) is 7.30. The number of hydrogen-bond acceptors (Lipinski definition) is 18. The van der Waals surface area contributed by atoms with Crippen molar-refractivity contribution in [2.24, 2.45) is 11.8 Å². The summed E-state index contributed by atoms with van der Waals surface area (Å²) in [6, 6.07) is 8.29. The number of ether oxygens (including phenoxy) is 2. The molecule has 4 aromatic heterocycles. The molecule has 2 amide bonds. The van der Waals surface area contributed by atoms with E-state index < -0.39 is 76.8 Å². The molecular weight excluding hydrogens is 882 g/mol. The van der Waals surface area contributed by atoms with Crippen LogP contribution in [0.2, 0.25) is 0 Å². The fraction of sp³-hybridized carbons (Fsp3) is 0.529. The van der Waals surface area contributed by atoms with E-state index in [0.29, 0.717) is 6.42 Å². The van der Waals surface area contributed by atoms with Gasteiger partial charge < -0.3 is 15.6 Å². The molecular formula is C34H45F2N13O12P2+2. The number of amides is 2. The third-order valence-electron chi connectivity index (χ3n) is 9.36. The van der Waals surface area contributed by atoms with Gasteiger partial charge in [-0.05, 0) is 25.0 Å². The number of para-hydroxylation sites is 1. The van der Waals surface area contributed by atoms with E-state index in [1.165, 1.54) is 0 Å². The van der Waals surface area contributed by atoms with Gasteiger partial charge in [-0.3, -0.25) is 39.8 Å². The zero-order valence-corrected chi connectivity index (χ0v) is 36.2. The summed E-state index contributed by atoms with van der Waals surface area (Å²) in [4.78, 5) is 70.7. The van der Waals surface area contributed by atoms with Crippen molar-refractivity contribution in [3.8, 4) is 5.75 Å². The number of carbonyl (C=O) groups excluding carboxylic acids is 2. The van der Waals surface area contributed by atoms with E-state index in [4.69, 9.17) is 27.9 Å². The molecule has 0 bridgehead atoms. The van der Waals surface area contributed by atoms with Gasteiger partial charge in [0.25, 0.3) is 11.1 Å². The minimum absolute atomic E-state index is 0. The maximum Gasteiger partial charge on any atom is 0.750 e. The van der Waals surface area contributed by atoms with E-state index in [9.17, 15) is 32.7 Å². The van der Waals surface area contributed by atoms with E-state index in [-0.39, 0.29) is 76.2 Å². The number of H-pyrrole nitrogens is 2. The Kier molecular flexibility index (Phi) is 15.9. The molecule has 0 saturated carbocycles. The van der Waals surface area contributed by atoms with E-state index in [0.717, 1.165) is 9.36 Å². The zero-order valence-electron chi connectivity index (χ0n) is 34.4. The molecule has 2 aliphatic heterocycles. The van der Waals surface area contributed by atoms with Crippen LogP contribution in [0.5, 0.6) is 5.75 Å². The summed E-state index contributed by atoms with van der Waals surface area (Å²) in [5, 5.41) is 20.1. The molecule has 0 aliphatic carbocycles. The van der Waals surface area contributed by atoms with E-state index in [1.54, 1.807) is 71.9 Å². The number of halogens is 2. The minimum Gasteiger partial charge on any atom is -0.347 e. The number of rotatable bonds is 14. The average molecular weight is 928 g/mol. The third-order valence-corrected chi connectivity index (χ3v) is 10.6. The second kappa shape index (κ2) is 20.7. The molecule has 63 heavy (non-hydrogen) atoms. The third kappa shape index (κ3) is 10.8. The maximum absolute atomic E-state index is 15.2. The first kappa shape index (κ1) is 48.4. The number of hydrogen-bond donors (Lipinski definition) is 6. The lowest BCUT2D eigenvalue weighted by Crippen LogP contribution is -2.30. The van der Waals surface area contributed by atoms with Crippen LogP contribution in [0.15, 0.2) is 39.9 Å². The van der Waals surface area contributed by atoms with Crippen molar-refractivity contribution in [3.63, 3.8) is 0 Å². The highest BCUT2D eigenvalue weighted by Crippen LogP contribution is 2.42. The maximum atomic E-state index is 15.2. The Bertz CT molecular complexity index is 2560. The minimum atomic E-state index is -3.12. The second-order valence-electron chi connectivity index (χ2n) is 14.4. The van der Waals surface area contributed by atoms with Gasteiger partial charge in [0.15, 0.2) is 65.1 Å². The predicted octanol–water partition coefficient (Wildman–Crippen LogP) is 3.83. The number of fused-ring (bicyclic) bond motifs is 2. The molecule has 7 rings (SSSR count). The topological polar surface area (TPSA) is 347 Å². The first-order chi connectivity index (χ1) is 29.5. The molecule has 8 N–H and O–H groups in total. The normalized spacial score (nSPS) is 23.6. The highest BCUT2D eigenvalue weighted by molar-refractivity contribution is 7.33. The number of aromatic amines is 2. The van der Waals surface area contributed by atoms with E-state index in [2.05, 4.69) is 51.2 Å². The lowest BCUT2D eigenvalue weighted by atomic mass is 10.1. The average Bonchev–Trinajstić information content (AvgIpc) is 3.99. The van der Waals surface area contributed by atoms with Crippen molar-refractivity contribution in [1.29, 1.82) is 0 Å². The van der Waals surface area contributed by atoms with Gasteiger partial charge in [0.1, 0.15) is 0 Å². The van der Waals surface area contributed by atoms with Gasteiger partial charge in [0.05, 0.1) is 12.2 Å². The van der Waals surface area contributed by atoms with Gasteiger partial charge in [-0.15, -0.1) is 24.1 Å². The summed E-state index contributed by atoms with van der Waals surface area (Å²) in [7, 11) is -5.89. The van der Waals surface area contributed by atoms with Crippen LogP contribution in [0.4, 0.5) is 20.7 Å². The Morgan fingerprint density at radius 2 is 1.22 bits per heavy atom. The fourth-order valence-electron chi connectivity index (χ4n) is 6.11. The Labute approximate surface area is 356 Å². The van der Waals surface area contributed by atoms with Gasteiger partial charge in [0, 0.05) is 21.0 Å². The highest BCUT2D eigenvalue weighted by Gasteiger charge is 2.53. The van der Waals surface area contributed by atoms with E-state index >= 15 is 4.39 Å². The van der Waals surface area contributed by atoms with Gasteiger partial charge in [-0.1, -0.05) is 70.2 Å². The van der Waals surface area contributed by atoms with Crippen molar-refractivity contribution < 1.29 is 55.4 Å². The van der Waals surface area contributed by atoms with Crippen LogP contribution in [0.1, 0.15) is 66.8 Å². The number of anilines is 2. The van der Waals surface area contributed by atoms with Crippen molar-refractivity contribution >= 4 is 62.5 Å². The van der Waals surface area contributed by atoms with Crippen molar-refractivity contribution in [3.05, 3.63) is 51.0 Å². The molecule has 5 aromatic rings. The Morgan fingerprint density at radius 1 is 0.794 bits per heavy atom. The van der Waals surface area contributed by atoms with Crippen LogP contribution in [-0.2, 0) is 37.2 Å². The number of aromatic nitrogens is 10. The number of carbonyl (C=O) groups is 2.